The van der Waals surface area contributed by atoms with Crippen LogP contribution < -0.4 is 24.8 Å². The SMILES string of the molecule is C[C@H](CO)N1C[C@H](C)[C@H](CN(C)Cc2ccc3c(c2)OCO3)Oc2c(NC(=O)Nc3ccc(C(F)(F)F)cc3)cccc2C1=O. The Morgan fingerprint density at radius 2 is 1.82 bits per heavy atom. The largest absolute Gasteiger partial charge is 0.486 e. The molecule has 0 bridgehead atoms. The van der Waals surface area contributed by atoms with Gasteiger partial charge in [-0.2, -0.15) is 13.2 Å². The zero-order valence-corrected chi connectivity index (χ0v) is 25.1. The number of para-hydroxylation sites is 1. The van der Waals surface area contributed by atoms with Crippen molar-refractivity contribution in [3.63, 3.8) is 0 Å². The Morgan fingerprint density at radius 1 is 1.09 bits per heavy atom. The molecular weight excluding hydrogens is 593 g/mol. The van der Waals surface area contributed by atoms with Crippen molar-refractivity contribution in [3.05, 3.63) is 77.4 Å². The fraction of sp³-hybridized carbons (Fsp3) is 0.375. The van der Waals surface area contributed by atoms with E-state index in [1.165, 1.54) is 0 Å². The molecule has 3 amide bonds. The first kappa shape index (κ1) is 31.9. The van der Waals surface area contributed by atoms with Gasteiger partial charge in [-0.3, -0.25) is 9.69 Å². The minimum atomic E-state index is -4.50. The first-order valence-corrected chi connectivity index (χ1v) is 14.5. The summed E-state index contributed by atoms with van der Waals surface area (Å²) < 4.78 is 56.3. The highest BCUT2D eigenvalue weighted by Crippen LogP contribution is 2.36. The lowest BCUT2D eigenvalue weighted by atomic mass is 9.99. The molecule has 3 N–H and O–H groups in total. The van der Waals surface area contributed by atoms with Gasteiger partial charge in [-0.05, 0) is 68.1 Å². The van der Waals surface area contributed by atoms with Gasteiger partial charge in [-0.25, -0.2) is 4.79 Å². The predicted octanol–water partition coefficient (Wildman–Crippen LogP) is 5.43. The maximum absolute atomic E-state index is 13.7. The predicted molar refractivity (Wildman–Crippen MR) is 161 cm³/mol. The summed E-state index contributed by atoms with van der Waals surface area (Å²) in [6, 6.07) is 13.4. The van der Waals surface area contributed by atoms with Crippen LogP contribution in [-0.2, 0) is 12.7 Å². The van der Waals surface area contributed by atoms with Gasteiger partial charge in [0.15, 0.2) is 17.2 Å². The van der Waals surface area contributed by atoms with Gasteiger partial charge in [0, 0.05) is 31.2 Å². The number of rotatable bonds is 8. The Kier molecular flexibility index (Phi) is 9.40. The van der Waals surface area contributed by atoms with Crippen molar-refractivity contribution in [2.75, 3.05) is 44.2 Å². The molecule has 3 atom stereocenters. The van der Waals surface area contributed by atoms with Crippen molar-refractivity contribution in [2.24, 2.45) is 5.92 Å². The molecule has 2 heterocycles. The van der Waals surface area contributed by atoms with Crippen molar-refractivity contribution >= 4 is 23.3 Å². The highest BCUT2D eigenvalue weighted by Gasteiger charge is 2.35. The number of hydrogen-bond acceptors (Lipinski definition) is 7. The van der Waals surface area contributed by atoms with E-state index >= 15 is 0 Å². The van der Waals surface area contributed by atoms with Crippen LogP contribution in [0.4, 0.5) is 29.3 Å². The number of urea groups is 1. The topological polar surface area (TPSA) is 113 Å². The Bertz CT molecular complexity index is 1530. The number of halogens is 3. The lowest BCUT2D eigenvalue weighted by Crippen LogP contribution is -2.49. The second kappa shape index (κ2) is 13.2. The zero-order chi connectivity index (χ0) is 32.3. The first-order valence-electron chi connectivity index (χ1n) is 14.5. The number of likely N-dealkylation sites (N-methyl/N-ethyl adjacent to an activating group) is 1. The number of nitrogens with zero attached hydrogens (tertiary/aromatic N) is 2. The molecule has 0 spiro atoms. The molecule has 2 aliphatic rings. The molecule has 3 aromatic rings. The van der Waals surface area contributed by atoms with Crippen molar-refractivity contribution in [3.8, 4) is 17.2 Å². The smallest absolute Gasteiger partial charge is 0.416 e. The number of aliphatic hydroxyl groups excluding tert-OH is 1. The number of amides is 3. The fourth-order valence-electron chi connectivity index (χ4n) is 5.31. The van der Waals surface area contributed by atoms with Crippen LogP contribution in [0.15, 0.2) is 60.7 Å². The molecule has 0 radical (unpaired) electrons. The van der Waals surface area contributed by atoms with E-state index in [-0.39, 0.29) is 47.9 Å². The number of carbonyl (C=O) groups is 2. The molecular formula is C32H35F3N4O6. The summed E-state index contributed by atoms with van der Waals surface area (Å²) >= 11 is 0. The Morgan fingerprint density at radius 3 is 2.53 bits per heavy atom. The van der Waals surface area contributed by atoms with Crippen LogP contribution in [0.2, 0.25) is 0 Å². The Labute approximate surface area is 258 Å². The van der Waals surface area contributed by atoms with Gasteiger partial charge in [0.25, 0.3) is 5.91 Å². The van der Waals surface area contributed by atoms with E-state index < -0.39 is 29.9 Å². The van der Waals surface area contributed by atoms with E-state index in [4.69, 9.17) is 14.2 Å². The summed E-state index contributed by atoms with van der Waals surface area (Å²) in [5, 5.41) is 15.1. The molecule has 0 unspecified atom stereocenters. The molecule has 10 nitrogen and oxygen atoms in total. The van der Waals surface area contributed by atoms with Crippen LogP contribution in [0.25, 0.3) is 0 Å². The van der Waals surface area contributed by atoms with E-state index in [2.05, 4.69) is 15.5 Å². The normalized spacial score (nSPS) is 18.5. The third-order valence-corrected chi connectivity index (χ3v) is 7.79. The van der Waals surface area contributed by atoms with Gasteiger partial charge in [0.05, 0.1) is 29.5 Å². The molecule has 0 fully saturated rings. The molecule has 0 aromatic heterocycles. The molecule has 3 aromatic carbocycles. The standard InChI is InChI=1S/C32H35F3N4O6/c1-19-14-39(20(2)17-40)30(41)24-5-4-6-25(37-31(42)36-23-10-8-22(9-11-23)32(33,34)35)29(24)45-28(19)16-38(3)15-21-7-12-26-27(13-21)44-18-43-26/h4-13,19-20,28,40H,14-18H2,1-3H3,(H2,36,37,42)/t19-,20+,28-/m0/s1. The van der Waals surface area contributed by atoms with Crippen LogP contribution in [0, 0.1) is 5.92 Å². The molecule has 0 saturated carbocycles. The molecule has 13 heteroatoms. The third-order valence-electron chi connectivity index (χ3n) is 7.79. The molecule has 0 aliphatic carbocycles. The van der Waals surface area contributed by atoms with Gasteiger partial charge >= 0.3 is 12.2 Å². The number of anilines is 2. The van der Waals surface area contributed by atoms with Crippen LogP contribution in [0.3, 0.4) is 0 Å². The summed E-state index contributed by atoms with van der Waals surface area (Å²) in [6.07, 6.45) is -4.94. The quantitative estimate of drug-likeness (QED) is 0.305. The van der Waals surface area contributed by atoms with E-state index in [1.807, 2.05) is 32.2 Å². The van der Waals surface area contributed by atoms with Crippen LogP contribution in [-0.4, -0.2) is 72.5 Å². The van der Waals surface area contributed by atoms with Crippen molar-refractivity contribution in [1.29, 1.82) is 0 Å². The van der Waals surface area contributed by atoms with E-state index in [1.54, 1.807) is 30.0 Å². The molecule has 0 saturated heterocycles. The van der Waals surface area contributed by atoms with Crippen LogP contribution in [0.5, 0.6) is 17.2 Å². The molecule has 240 valence electrons. The van der Waals surface area contributed by atoms with Gasteiger partial charge in [0.1, 0.15) is 6.10 Å². The summed E-state index contributed by atoms with van der Waals surface area (Å²) in [4.78, 5) is 30.4. The average Bonchev–Trinajstić information content (AvgIpc) is 3.46. The van der Waals surface area contributed by atoms with Crippen molar-refractivity contribution in [2.45, 2.75) is 38.7 Å². The van der Waals surface area contributed by atoms with Gasteiger partial charge < -0.3 is 34.9 Å². The molecule has 2 aliphatic heterocycles. The second-order valence-corrected chi connectivity index (χ2v) is 11.3. The number of benzene rings is 3. The molecule has 5 rings (SSSR count). The maximum atomic E-state index is 13.7. The zero-order valence-electron chi connectivity index (χ0n) is 25.1. The monoisotopic (exact) mass is 628 g/mol. The lowest BCUT2D eigenvalue weighted by molar-refractivity contribution is -0.137. The number of fused-ring (bicyclic) bond motifs is 2. The highest BCUT2D eigenvalue weighted by atomic mass is 19.4. The van der Waals surface area contributed by atoms with Crippen LogP contribution >= 0.6 is 0 Å². The molecule has 45 heavy (non-hydrogen) atoms. The minimum Gasteiger partial charge on any atom is -0.486 e. The van der Waals surface area contributed by atoms with Crippen molar-refractivity contribution in [1.82, 2.24) is 9.80 Å². The summed E-state index contributed by atoms with van der Waals surface area (Å²) in [5.74, 6) is 0.998. The Balaban J connectivity index is 1.38. The van der Waals surface area contributed by atoms with E-state index in [9.17, 15) is 27.9 Å². The van der Waals surface area contributed by atoms with Gasteiger partial charge in [0.2, 0.25) is 6.79 Å². The van der Waals surface area contributed by atoms with E-state index in [0.29, 0.717) is 31.1 Å². The Hall–Kier alpha value is -4.49. The number of aliphatic hydroxyl groups is 1. The number of alkyl halides is 3. The average molecular weight is 629 g/mol. The number of ether oxygens (including phenoxy) is 3. The minimum absolute atomic E-state index is 0.149. The summed E-state index contributed by atoms with van der Waals surface area (Å²) in [5.41, 5.74) is 0.733. The first-order chi connectivity index (χ1) is 21.4. The second-order valence-electron chi connectivity index (χ2n) is 11.3. The number of hydrogen-bond donors (Lipinski definition) is 3. The van der Waals surface area contributed by atoms with Gasteiger partial charge in [-0.1, -0.05) is 19.1 Å². The van der Waals surface area contributed by atoms with E-state index in [0.717, 1.165) is 29.8 Å². The van der Waals surface area contributed by atoms with Crippen molar-refractivity contribution < 1.29 is 42.1 Å². The summed E-state index contributed by atoms with van der Waals surface area (Å²) in [6.45, 7) is 5.01. The third kappa shape index (κ3) is 7.43. The summed E-state index contributed by atoms with van der Waals surface area (Å²) in [7, 11) is 1.95. The lowest BCUT2D eigenvalue weighted by Gasteiger charge is -2.38. The number of carbonyl (C=O) groups excluding carboxylic acids is 2. The van der Waals surface area contributed by atoms with Crippen LogP contribution in [0.1, 0.15) is 35.3 Å². The number of nitrogens with one attached hydrogen (secondary N) is 2. The fourth-order valence-corrected chi connectivity index (χ4v) is 5.31. The highest BCUT2D eigenvalue weighted by molar-refractivity contribution is 6.04. The van der Waals surface area contributed by atoms with Gasteiger partial charge in [-0.15, -0.1) is 0 Å². The maximum Gasteiger partial charge on any atom is 0.416 e.